The van der Waals surface area contributed by atoms with E-state index in [1.54, 1.807) is 0 Å². The van der Waals surface area contributed by atoms with Crippen LogP contribution in [0.15, 0.2) is 30.3 Å². The van der Waals surface area contributed by atoms with Gasteiger partial charge < -0.3 is 4.90 Å². The summed E-state index contributed by atoms with van der Waals surface area (Å²) >= 11 is 0. The number of hydrogen-bond acceptors (Lipinski definition) is 1. The van der Waals surface area contributed by atoms with Gasteiger partial charge in [-0.2, -0.15) is 0 Å². The zero-order valence-corrected chi connectivity index (χ0v) is 9.62. The summed E-state index contributed by atoms with van der Waals surface area (Å²) in [6, 6.07) is 10.7. The van der Waals surface area contributed by atoms with Crippen molar-refractivity contribution in [2.45, 2.75) is 25.3 Å². The summed E-state index contributed by atoms with van der Waals surface area (Å²) in [4.78, 5) is 2.52. The van der Waals surface area contributed by atoms with Gasteiger partial charge in [0.15, 0.2) is 0 Å². The van der Waals surface area contributed by atoms with E-state index in [-0.39, 0.29) is 0 Å². The Labute approximate surface area is 81.4 Å². The third kappa shape index (κ3) is 1.78. The summed E-state index contributed by atoms with van der Waals surface area (Å²) in [5.41, 5.74) is 2.27. The lowest BCUT2D eigenvalue weighted by Gasteiger charge is -2.16. The van der Waals surface area contributed by atoms with Gasteiger partial charge in [-0.05, 0) is 12.1 Å². The lowest BCUT2D eigenvalue weighted by atomic mass is 10.3. The SMILES string of the molecule is C[Si](C)(C)C1CN1c1ccccc1. The molecular weight excluding hydrogens is 174 g/mol. The van der Waals surface area contributed by atoms with E-state index in [1.165, 1.54) is 12.2 Å². The van der Waals surface area contributed by atoms with E-state index in [0.717, 1.165) is 5.67 Å². The van der Waals surface area contributed by atoms with Crippen LogP contribution in [0, 0.1) is 0 Å². The molecule has 1 aliphatic rings. The normalized spacial score (nSPS) is 21.8. The van der Waals surface area contributed by atoms with E-state index in [2.05, 4.69) is 54.9 Å². The van der Waals surface area contributed by atoms with Crippen LogP contribution < -0.4 is 4.90 Å². The summed E-state index contributed by atoms with van der Waals surface area (Å²) in [5.74, 6) is 0. The van der Waals surface area contributed by atoms with Gasteiger partial charge in [-0.15, -0.1) is 0 Å². The number of rotatable bonds is 2. The van der Waals surface area contributed by atoms with E-state index in [9.17, 15) is 0 Å². The molecule has 1 atom stereocenters. The molecule has 0 saturated carbocycles. The number of anilines is 1. The van der Waals surface area contributed by atoms with Crippen molar-refractivity contribution in [3.63, 3.8) is 0 Å². The molecule has 0 bridgehead atoms. The van der Waals surface area contributed by atoms with Crippen LogP contribution in [0.25, 0.3) is 0 Å². The summed E-state index contributed by atoms with van der Waals surface area (Å²) in [6.45, 7) is 8.61. The van der Waals surface area contributed by atoms with Crippen molar-refractivity contribution in [2.24, 2.45) is 0 Å². The molecule has 1 fully saturated rings. The molecule has 0 N–H and O–H groups in total. The highest BCUT2D eigenvalue weighted by molar-refractivity contribution is 6.79. The van der Waals surface area contributed by atoms with Gasteiger partial charge in [0.1, 0.15) is 0 Å². The van der Waals surface area contributed by atoms with Gasteiger partial charge >= 0.3 is 0 Å². The second-order valence-electron chi connectivity index (χ2n) is 4.87. The first-order valence-corrected chi connectivity index (χ1v) is 8.48. The molecule has 0 aromatic heterocycles. The molecule has 1 aromatic carbocycles. The first-order chi connectivity index (χ1) is 6.09. The Morgan fingerprint density at radius 2 is 1.77 bits per heavy atom. The number of hydrogen-bond donors (Lipinski definition) is 0. The van der Waals surface area contributed by atoms with Gasteiger partial charge in [0.25, 0.3) is 0 Å². The predicted octanol–water partition coefficient (Wildman–Crippen LogP) is 2.75. The zero-order valence-electron chi connectivity index (χ0n) is 8.62. The second kappa shape index (κ2) is 2.88. The number of para-hydroxylation sites is 1. The fourth-order valence-electron chi connectivity index (χ4n) is 1.79. The van der Waals surface area contributed by atoms with Crippen LogP contribution in [0.1, 0.15) is 0 Å². The highest BCUT2D eigenvalue weighted by atomic mass is 28.3. The van der Waals surface area contributed by atoms with Gasteiger partial charge in [0.2, 0.25) is 0 Å². The van der Waals surface area contributed by atoms with Gasteiger partial charge in [0.05, 0.1) is 8.07 Å². The highest BCUT2D eigenvalue weighted by Crippen LogP contribution is 2.33. The Kier molecular flexibility index (Phi) is 1.95. The Morgan fingerprint density at radius 1 is 1.15 bits per heavy atom. The quantitative estimate of drug-likeness (QED) is 0.513. The average molecular weight is 191 g/mol. The molecule has 0 radical (unpaired) electrons. The van der Waals surface area contributed by atoms with Crippen LogP contribution >= 0.6 is 0 Å². The molecule has 0 aliphatic carbocycles. The minimum Gasteiger partial charge on any atom is -0.368 e. The van der Waals surface area contributed by atoms with Crippen LogP contribution in [-0.4, -0.2) is 20.3 Å². The van der Waals surface area contributed by atoms with Crippen LogP contribution in [0.3, 0.4) is 0 Å². The zero-order chi connectivity index (χ0) is 9.47. The summed E-state index contributed by atoms with van der Waals surface area (Å²) < 4.78 is 0. The van der Waals surface area contributed by atoms with Crippen molar-refractivity contribution < 1.29 is 0 Å². The summed E-state index contributed by atoms with van der Waals surface area (Å²) in [6.07, 6.45) is 0. The van der Waals surface area contributed by atoms with Crippen molar-refractivity contribution in [1.29, 1.82) is 0 Å². The molecule has 2 rings (SSSR count). The first-order valence-electron chi connectivity index (χ1n) is 4.91. The minimum absolute atomic E-state index is 0.870. The van der Waals surface area contributed by atoms with Gasteiger partial charge in [-0.1, -0.05) is 37.8 Å². The molecule has 13 heavy (non-hydrogen) atoms. The molecule has 1 aromatic rings. The molecule has 1 heterocycles. The predicted molar refractivity (Wildman–Crippen MR) is 60.9 cm³/mol. The van der Waals surface area contributed by atoms with Crippen LogP contribution in [-0.2, 0) is 0 Å². The third-order valence-electron chi connectivity index (χ3n) is 2.70. The van der Waals surface area contributed by atoms with Crippen molar-refractivity contribution in [3.05, 3.63) is 30.3 Å². The molecule has 1 nitrogen and oxygen atoms in total. The number of nitrogens with zero attached hydrogens (tertiary/aromatic N) is 1. The monoisotopic (exact) mass is 191 g/mol. The minimum atomic E-state index is -0.943. The fourth-order valence-corrected chi connectivity index (χ4v) is 3.61. The maximum atomic E-state index is 2.52. The van der Waals surface area contributed by atoms with E-state index < -0.39 is 8.07 Å². The van der Waals surface area contributed by atoms with Gasteiger partial charge in [-0.25, -0.2) is 0 Å². The fraction of sp³-hybridized carbons (Fsp3) is 0.455. The molecule has 70 valence electrons. The van der Waals surface area contributed by atoms with Gasteiger partial charge in [0, 0.05) is 17.9 Å². The first kappa shape index (κ1) is 8.82. The van der Waals surface area contributed by atoms with Crippen LogP contribution in [0.2, 0.25) is 19.6 Å². The van der Waals surface area contributed by atoms with E-state index in [4.69, 9.17) is 0 Å². The molecule has 1 aliphatic heterocycles. The maximum Gasteiger partial charge on any atom is 0.0727 e. The maximum absolute atomic E-state index is 2.52. The van der Waals surface area contributed by atoms with Gasteiger partial charge in [-0.3, -0.25) is 0 Å². The Balaban J connectivity index is 2.09. The molecule has 0 spiro atoms. The van der Waals surface area contributed by atoms with Crippen molar-refractivity contribution in [2.75, 3.05) is 11.4 Å². The standard InChI is InChI=1S/C11H17NSi/c1-13(2,3)11-9-12(11)10-7-5-4-6-8-10/h4-8,11H,9H2,1-3H3. The van der Waals surface area contributed by atoms with E-state index >= 15 is 0 Å². The lowest BCUT2D eigenvalue weighted by molar-refractivity contribution is 1.30. The van der Waals surface area contributed by atoms with Crippen LogP contribution in [0.4, 0.5) is 5.69 Å². The molecular formula is C11H17NSi. The van der Waals surface area contributed by atoms with E-state index in [0.29, 0.717) is 0 Å². The Bertz CT molecular complexity index is 289. The second-order valence-corrected chi connectivity index (χ2v) is 10.3. The number of benzene rings is 1. The van der Waals surface area contributed by atoms with E-state index in [1.807, 2.05) is 0 Å². The van der Waals surface area contributed by atoms with Crippen molar-refractivity contribution >= 4 is 13.8 Å². The Hall–Kier alpha value is -0.763. The summed E-state index contributed by atoms with van der Waals surface area (Å²) in [7, 11) is -0.943. The van der Waals surface area contributed by atoms with Crippen molar-refractivity contribution in [1.82, 2.24) is 0 Å². The average Bonchev–Trinajstić information content (AvgIpc) is 2.83. The molecule has 1 saturated heterocycles. The highest BCUT2D eigenvalue weighted by Gasteiger charge is 2.43. The smallest absolute Gasteiger partial charge is 0.0727 e. The summed E-state index contributed by atoms with van der Waals surface area (Å²) in [5, 5.41) is 0. The lowest BCUT2D eigenvalue weighted by Crippen LogP contribution is -2.31. The van der Waals surface area contributed by atoms with Crippen LogP contribution in [0.5, 0.6) is 0 Å². The third-order valence-corrected chi connectivity index (χ3v) is 5.19. The molecule has 1 unspecified atom stereocenters. The Morgan fingerprint density at radius 3 is 2.23 bits per heavy atom. The topological polar surface area (TPSA) is 3.01 Å². The van der Waals surface area contributed by atoms with Crippen molar-refractivity contribution in [3.8, 4) is 0 Å². The largest absolute Gasteiger partial charge is 0.368 e. The molecule has 0 amide bonds. The molecule has 2 heteroatoms.